The summed E-state index contributed by atoms with van der Waals surface area (Å²) in [5.41, 5.74) is 6.17. The van der Waals surface area contributed by atoms with E-state index in [0.717, 1.165) is 19.5 Å². The molecule has 0 aromatic rings. The van der Waals surface area contributed by atoms with Crippen LogP contribution >= 0.6 is 0 Å². The predicted octanol–water partition coefficient (Wildman–Crippen LogP) is 2.07. The molecule has 1 fully saturated rings. The highest BCUT2D eigenvalue weighted by atomic mass is 15.1. The Kier molecular flexibility index (Phi) is 3.44. The number of hydrogen-bond acceptors (Lipinski definition) is 2. The molecule has 0 heterocycles. The van der Waals surface area contributed by atoms with E-state index >= 15 is 0 Å². The van der Waals surface area contributed by atoms with E-state index in [4.69, 9.17) is 11.1 Å². The van der Waals surface area contributed by atoms with E-state index in [1.165, 1.54) is 12.8 Å². The fourth-order valence-corrected chi connectivity index (χ4v) is 2.41. The van der Waals surface area contributed by atoms with Gasteiger partial charge < -0.3 is 10.6 Å². The van der Waals surface area contributed by atoms with Gasteiger partial charge in [-0.2, -0.15) is 0 Å². The standard InChI is InChI=1S/C12H25N3/c1-11(2,3)8-15(4)9-12(5-6-12)7-10(13)14/h5-9H2,1-4H3,(H3,13,14). The fourth-order valence-electron chi connectivity index (χ4n) is 2.41. The molecule has 0 bridgehead atoms. The number of amidine groups is 1. The minimum absolute atomic E-state index is 0.339. The zero-order valence-corrected chi connectivity index (χ0v) is 10.6. The summed E-state index contributed by atoms with van der Waals surface area (Å²) in [6, 6.07) is 0. The normalized spacial score (nSPS) is 19.3. The van der Waals surface area contributed by atoms with E-state index in [-0.39, 0.29) is 0 Å². The van der Waals surface area contributed by atoms with Crippen molar-refractivity contribution in [1.29, 1.82) is 5.41 Å². The smallest absolute Gasteiger partial charge is 0.0911 e. The van der Waals surface area contributed by atoms with Crippen LogP contribution in [0.3, 0.4) is 0 Å². The van der Waals surface area contributed by atoms with E-state index in [1.807, 2.05) is 0 Å². The Labute approximate surface area is 93.5 Å². The van der Waals surface area contributed by atoms with Gasteiger partial charge in [-0.1, -0.05) is 20.8 Å². The van der Waals surface area contributed by atoms with Crippen molar-refractivity contribution in [3.05, 3.63) is 0 Å². The van der Waals surface area contributed by atoms with Gasteiger partial charge in [0.25, 0.3) is 0 Å². The lowest BCUT2D eigenvalue weighted by atomic mass is 9.94. The van der Waals surface area contributed by atoms with E-state index in [1.54, 1.807) is 0 Å². The summed E-state index contributed by atoms with van der Waals surface area (Å²) in [6.45, 7) is 8.96. The number of nitrogens with zero attached hydrogens (tertiary/aromatic N) is 1. The van der Waals surface area contributed by atoms with Crippen LogP contribution in [0.5, 0.6) is 0 Å². The van der Waals surface area contributed by atoms with Crippen LogP contribution < -0.4 is 5.73 Å². The second-order valence-electron chi connectivity index (χ2n) is 6.43. The van der Waals surface area contributed by atoms with Crippen LogP contribution in [0.1, 0.15) is 40.0 Å². The Balaban J connectivity index is 2.38. The molecule has 0 unspecified atom stereocenters. The molecule has 0 amide bonds. The summed E-state index contributed by atoms with van der Waals surface area (Å²) < 4.78 is 0. The molecule has 0 atom stereocenters. The van der Waals surface area contributed by atoms with Gasteiger partial charge in [0.15, 0.2) is 0 Å². The maximum atomic E-state index is 7.37. The topological polar surface area (TPSA) is 53.1 Å². The Morgan fingerprint density at radius 1 is 1.40 bits per heavy atom. The Bertz CT molecular complexity index is 236. The third kappa shape index (κ3) is 4.65. The molecule has 88 valence electrons. The van der Waals surface area contributed by atoms with Gasteiger partial charge in [0.05, 0.1) is 5.84 Å². The molecule has 1 aliphatic carbocycles. The molecule has 1 aliphatic rings. The SMILES string of the molecule is CN(CC(C)(C)C)CC1(CC(=N)N)CC1. The Hall–Kier alpha value is -0.570. The molecule has 1 rings (SSSR count). The lowest BCUT2D eigenvalue weighted by molar-refractivity contribution is 0.193. The summed E-state index contributed by atoms with van der Waals surface area (Å²) in [7, 11) is 2.17. The first-order chi connectivity index (χ1) is 6.72. The van der Waals surface area contributed by atoms with Crippen LogP contribution in [0.15, 0.2) is 0 Å². The van der Waals surface area contributed by atoms with E-state index < -0.39 is 0 Å². The van der Waals surface area contributed by atoms with Crippen molar-refractivity contribution in [3.8, 4) is 0 Å². The average Bonchev–Trinajstić information content (AvgIpc) is 2.61. The predicted molar refractivity (Wildman–Crippen MR) is 65.2 cm³/mol. The first kappa shape index (κ1) is 12.5. The van der Waals surface area contributed by atoms with Gasteiger partial charge in [-0.15, -0.1) is 0 Å². The van der Waals surface area contributed by atoms with Gasteiger partial charge in [0, 0.05) is 19.5 Å². The van der Waals surface area contributed by atoms with E-state index in [0.29, 0.717) is 16.7 Å². The molecule has 0 radical (unpaired) electrons. The maximum absolute atomic E-state index is 7.37. The van der Waals surface area contributed by atoms with Crippen LogP contribution in [0.2, 0.25) is 0 Å². The zero-order valence-electron chi connectivity index (χ0n) is 10.6. The molecule has 3 nitrogen and oxygen atoms in total. The minimum atomic E-state index is 0.339. The zero-order chi connectivity index (χ0) is 11.7. The summed E-state index contributed by atoms with van der Waals surface area (Å²) >= 11 is 0. The first-order valence-corrected chi connectivity index (χ1v) is 5.74. The van der Waals surface area contributed by atoms with Crippen molar-refractivity contribution in [2.24, 2.45) is 16.6 Å². The van der Waals surface area contributed by atoms with Gasteiger partial charge in [0.2, 0.25) is 0 Å². The fraction of sp³-hybridized carbons (Fsp3) is 0.917. The van der Waals surface area contributed by atoms with Crippen molar-refractivity contribution in [1.82, 2.24) is 4.90 Å². The quantitative estimate of drug-likeness (QED) is 0.540. The molecule has 0 aliphatic heterocycles. The van der Waals surface area contributed by atoms with Gasteiger partial charge >= 0.3 is 0 Å². The molecular weight excluding hydrogens is 186 g/mol. The minimum Gasteiger partial charge on any atom is -0.388 e. The van der Waals surface area contributed by atoms with Crippen molar-refractivity contribution in [2.45, 2.75) is 40.0 Å². The molecule has 0 saturated heterocycles. The van der Waals surface area contributed by atoms with Gasteiger partial charge in [0.1, 0.15) is 0 Å². The monoisotopic (exact) mass is 211 g/mol. The van der Waals surface area contributed by atoms with Crippen LogP contribution in [-0.4, -0.2) is 30.9 Å². The average molecular weight is 211 g/mol. The Morgan fingerprint density at radius 2 is 1.93 bits per heavy atom. The lowest BCUT2D eigenvalue weighted by Gasteiger charge is -2.29. The summed E-state index contributed by atoms with van der Waals surface area (Å²) in [6.07, 6.45) is 3.25. The van der Waals surface area contributed by atoms with E-state index in [2.05, 4.69) is 32.7 Å². The number of rotatable bonds is 5. The highest BCUT2D eigenvalue weighted by Gasteiger charge is 2.43. The van der Waals surface area contributed by atoms with Crippen molar-refractivity contribution < 1.29 is 0 Å². The largest absolute Gasteiger partial charge is 0.388 e. The second-order valence-corrected chi connectivity index (χ2v) is 6.43. The molecule has 3 heteroatoms. The highest BCUT2D eigenvalue weighted by molar-refractivity contribution is 5.78. The molecule has 15 heavy (non-hydrogen) atoms. The molecule has 0 aromatic heterocycles. The number of hydrogen-bond donors (Lipinski definition) is 2. The summed E-state index contributed by atoms with van der Waals surface area (Å²) in [4.78, 5) is 2.38. The van der Waals surface area contributed by atoms with Crippen LogP contribution in [-0.2, 0) is 0 Å². The molecule has 3 N–H and O–H groups in total. The lowest BCUT2D eigenvalue weighted by Crippen LogP contribution is -2.35. The molecule has 1 saturated carbocycles. The van der Waals surface area contributed by atoms with Crippen LogP contribution in [0, 0.1) is 16.2 Å². The second kappa shape index (κ2) is 4.12. The van der Waals surface area contributed by atoms with Gasteiger partial charge in [-0.25, -0.2) is 0 Å². The molecular formula is C12H25N3. The van der Waals surface area contributed by atoms with Crippen LogP contribution in [0.4, 0.5) is 0 Å². The molecule has 0 aromatic carbocycles. The maximum Gasteiger partial charge on any atom is 0.0911 e. The van der Waals surface area contributed by atoms with Gasteiger partial charge in [-0.3, -0.25) is 5.41 Å². The summed E-state index contributed by atoms with van der Waals surface area (Å²) in [5.74, 6) is 0.344. The third-order valence-corrected chi connectivity index (χ3v) is 2.87. The Morgan fingerprint density at radius 3 is 2.27 bits per heavy atom. The highest BCUT2D eigenvalue weighted by Crippen LogP contribution is 2.49. The third-order valence-electron chi connectivity index (χ3n) is 2.87. The first-order valence-electron chi connectivity index (χ1n) is 5.74. The number of nitrogens with two attached hydrogens (primary N) is 1. The van der Waals surface area contributed by atoms with Crippen molar-refractivity contribution >= 4 is 5.84 Å². The van der Waals surface area contributed by atoms with Crippen molar-refractivity contribution in [3.63, 3.8) is 0 Å². The van der Waals surface area contributed by atoms with Crippen molar-refractivity contribution in [2.75, 3.05) is 20.1 Å². The summed E-state index contributed by atoms with van der Waals surface area (Å²) in [5, 5.41) is 7.37. The van der Waals surface area contributed by atoms with Gasteiger partial charge in [-0.05, 0) is 30.7 Å². The molecule has 0 spiro atoms. The van der Waals surface area contributed by atoms with E-state index in [9.17, 15) is 0 Å². The number of nitrogens with one attached hydrogen (secondary N) is 1. The van der Waals surface area contributed by atoms with Crippen LogP contribution in [0.25, 0.3) is 0 Å².